The molecule has 0 saturated carbocycles. The number of hydrogen-bond donors (Lipinski definition) is 1. The first-order chi connectivity index (χ1) is 17.1. The van der Waals surface area contributed by atoms with Gasteiger partial charge in [-0.05, 0) is 41.7 Å². The van der Waals surface area contributed by atoms with Crippen molar-refractivity contribution < 1.29 is 14.3 Å². The fraction of sp³-hybridized carbons (Fsp3) is 0.250. The molecule has 178 valence electrons. The summed E-state index contributed by atoms with van der Waals surface area (Å²) in [4.78, 5) is 32.4. The smallest absolute Gasteiger partial charge is 0.254 e. The van der Waals surface area contributed by atoms with E-state index in [1.54, 1.807) is 12.4 Å². The molecule has 1 N–H and O–H groups in total. The number of hydrogen-bond acceptors (Lipinski definition) is 4. The monoisotopic (exact) mass is 468 g/mol. The highest BCUT2D eigenvalue weighted by Crippen LogP contribution is 2.28. The number of ether oxygens (including phenoxy) is 1. The minimum atomic E-state index is -0.277. The van der Waals surface area contributed by atoms with Crippen LogP contribution >= 0.6 is 0 Å². The third-order valence-corrected chi connectivity index (χ3v) is 6.41. The molecule has 2 heterocycles. The van der Waals surface area contributed by atoms with Crippen LogP contribution in [0.25, 0.3) is 11.0 Å². The normalized spacial score (nSPS) is 13.0. The number of nitrogens with one attached hydrogen (secondary N) is 1. The van der Waals surface area contributed by atoms with E-state index in [2.05, 4.69) is 34.6 Å². The number of amides is 2. The van der Waals surface area contributed by atoms with E-state index in [0.29, 0.717) is 36.4 Å². The zero-order valence-electron chi connectivity index (χ0n) is 19.7. The van der Waals surface area contributed by atoms with Gasteiger partial charge in [-0.1, -0.05) is 54.6 Å². The summed E-state index contributed by atoms with van der Waals surface area (Å²) >= 11 is 0. The number of fused-ring (bicyclic) bond motifs is 2. The van der Waals surface area contributed by atoms with Crippen LogP contribution in [0.4, 0.5) is 5.69 Å². The number of carbonyl (C=O) groups is 2. The third-order valence-electron chi connectivity index (χ3n) is 6.41. The molecule has 35 heavy (non-hydrogen) atoms. The average Bonchev–Trinajstić information content (AvgIpc) is 3.31. The second-order valence-corrected chi connectivity index (χ2v) is 8.79. The number of nitrogens with zero attached hydrogens (tertiary/aromatic N) is 3. The van der Waals surface area contributed by atoms with Crippen LogP contribution in [0.1, 0.15) is 27.0 Å². The summed E-state index contributed by atoms with van der Waals surface area (Å²) in [5, 5.41) is 2.93. The lowest BCUT2D eigenvalue weighted by Crippen LogP contribution is -2.36. The highest BCUT2D eigenvalue weighted by molar-refractivity contribution is 6.05. The van der Waals surface area contributed by atoms with Crippen LogP contribution < -0.4 is 5.32 Å². The van der Waals surface area contributed by atoms with Crippen molar-refractivity contribution in [2.24, 2.45) is 0 Å². The second-order valence-electron chi connectivity index (χ2n) is 8.79. The van der Waals surface area contributed by atoms with Crippen LogP contribution in [0.15, 0.2) is 73.1 Å². The van der Waals surface area contributed by atoms with Crippen molar-refractivity contribution in [2.75, 3.05) is 25.6 Å². The SMILES string of the molecule is COCC(=O)Nc1cc(C(=O)N2CCc3ccccc3C2)cc2ncn(CCc3ccccc3)c12. The topological polar surface area (TPSA) is 76.5 Å². The number of aromatic nitrogens is 2. The first-order valence-electron chi connectivity index (χ1n) is 11.8. The Bertz CT molecular complexity index is 1360. The molecule has 3 aromatic carbocycles. The van der Waals surface area contributed by atoms with Crippen LogP contribution in [0.2, 0.25) is 0 Å². The Balaban J connectivity index is 1.46. The van der Waals surface area contributed by atoms with E-state index >= 15 is 0 Å². The number of anilines is 1. The molecule has 7 nitrogen and oxygen atoms in total. The molecule has 5 rings (SSSR count). The van der Waals surface area contributed by atoms with Gasteiger partial charge in [-0.3, -0.25) is 9.59 Å². The molecule has 2 amide bonds. The van der Waals surface area contributed by atoms with Gasteiger partial charge >= 0.3 is 0 Å². The van der Waals surface area contributed by atoms with Gasteiger partial charge in [-0.2, -0.15) is 0 Å². The highest BCUT2D eigenvalue weighted by Gasteiger charge is 2.24. The Morgan fingerprint density at radius 1 is 1.03 bits per heavy atom. The third kappa shape index (κ3) is 4.95. The largest absolute Gasteiger partial charge is 0.375 e. The molecule has 0 saturated heterocycles. The fourth-order valence-corrected chi connectivity index (χ4v) is 4.66. The van der Waals surface area contributed by atoms with Gasteiger partial charge < -0.3 is 19.5 Å². The molecular weight excluding hydrogens is 440 g/mol. The van der Waals surface area contributed by atoms with E-state index in [4.69, 9.17) is 4.74 Å². The summed E-state index contributed by atoms with van der Waals surface area (Å²) in [6.07, 6.45) is 3.42. The van der Waals surface area contributed by atoms with Crippen LogP contribution in [0.3, 0.4) is 0 Å². The van der Waals surface area contributed by atoms with Gasteiger partial charge in [0.1, 0.15) is 6.61 Å². The van der Waals surface area contributed by atoms with Gasteiger partial charge in [0.25, 0.3) is 5.91 Å². The zero-order chi connectivity index (χ0) is 24.2. The molecule has 0 bridgehead atoms. The van der Waals surface area contributed by atoms with E-state index in [9.17, 15) is 9.59 Å². The molecule has 1 aromatic heterocycles. The fourth-order valence-electron chi connectivity index (χ4n) is 4.66. The van der Waals surface area contributed by atoms with Crippen LogP contribution in [0.5, 0.6) is 0 Å². The lowest BCUT2D eigenvalue weighted by atomic mass is 9.99. The van der Waals surface area contributed by atoms with Gasteiger partial charge in [0, 0.05) is 32.3 Å². The predicted octanol–water partition coefficient (Wildman–Crippen LogP) is 4.06. The maximum Gasteiger partial charge on any atom is 0.254 e. The summed E-state index contributed by atoms with van der Waals surface area (Å²) in [7, 11) is 1.48. The molecule has 0 aliphatic carbocycles. The number of aryl methyl sites for hydroxylation is 2. The number of benzene rings is 3. The summed E-state index contributed by atoms with van der Waals surface area (Å²) in [6.45, 7) is 1.86. The molecule has 0 radical (unpaired) electrons. The summed E-state index contributed by atoms with van der Waals surface area (Å²) < 4.78 is 7.03. The summed E-state index contributed by atoms with van der Waals surface area (Å²) in [5.41, 5.74) is 6.23. The van der Waals surface area contributed by atoms with Crippen molar-refractivity contribution in [3.63, 3.8) is 0 Å². The molecule has 0 fully saturated rings. The quantitative estimate of drug-likeness (QED) is 0.444. The van der Waals surface area contributed by atoms with E-state index in [-0.39, 0.29) is 18.4 Å². The van der Waals surface area contributed by atoms with Crippen molar-refractivity contribution in [3.8, 4) is 0 Å². The van der Waals surface area contributed by atoms with Gasteiger partial charge in [-0.25, -0.2) is 4.98 Å². The maximum absolute atomic E-state index is 13.5. The first kappa shape index (κ1) is 22.8. The van der Waals surface area contributed by atoms with Crippen molar-refractivity contribution in [2.45, 2.75) is 25.9 Å². The Morgan fingerprint density at radius 3 is 2.60 bits per heavy atom. The summed E-state index contributed by atoms with van der Waals surface area (Å²) in [6, 6.07) is 22.0. The van der Waals surface area contributed by atoms with Crippen molar-refractivity contribution >= 4 is 28.5 Å². The predicted molar refractivity (Wildman–Crippen MR) is 135 cm³/mol. The van der Waals surface area contributed by atoms with Gasteiger partial charge in [0.2, 0.25) is 5.91 Å². The zero-order valence-corrected chi connectivity index (χ0v) is 19.7. The summed E-state index contributed by atoms with van der Waals surface area (Å²) in [5.74, 6) is -0.344. The maximum atomic E-state index is 13.5. The molecule has 7 heteroatoms. The highest BCUT2D eigenvalue weighted by atomic mass is 16.5. The van der Waals surface area contributed by atoms with E-state index in [1.165, 1.54) is 23.8 Å². The standard InChI is InChI=1S/C28H28N4O3/c1-35-18-26(33)30-25-16-23(28(34)31-14-12-21-9-5-6-10-22(21)17-31)15-24-27(25)32(19-29-24)13-11-20-7-3-2-4-8-20/h2-10,15-16,19H,11-14,17-18H2,1H3,(H,30,33). The Kier molecular flexibility index (Phi) is 6.59. The molecule has 4 aromatic rings. The number of imidazole rings is 1. The van der Waals surface area contributed by atoms with Crippen LogP contribution in [0, 0.1) is 0 Å². The Hall–Kier alpha value is -3.97. The van der Waals surface area contributed by atoms with Crippen LogP contribution in [-0.2, 0) is 35.5 Å². The molecule has 0 spiro atoms. The Labute approximate surface area is 204 Å². The van der Waals surface area contributed by atoms with Crippen molar-refractivity contribution in [3.05, 3.63) is 95.3 Å². The van der Waals surface area contributed by atoms with Crippen LogP contribution in [-0.4, -0.2) is 46.5 Å². The average molecular weight is 469 g/mol. The lowest BCUT2D eigenvalue weighted by molar-refractivity contribution is -0.119. The van der Waals surface area contributed by atoms with Crippen molar-refractivity contribution in [1.29, 1.82) is 0 Å². The molecule has 0 atom stereocenters. The van der Waals surface area contributed by atoms with E-state index < -0.39 is 0 Å². The second kappa shape index (κ2) is 10.1. The number of rotatable bonds is 7. The minimum absolute atomic E-state index is 0.0671. The first-order valence-corrected chi connectivity index (χ1v) is 11.8. The van der Waals surface area contributed by atoms with Gasteiger partial charge in [0.15, 0.2) is 0 Å². The molecule has 1 aliphatic rings. The minimum Gasteiger partial charge on any atom is -0.375 e. The molecular formula is C28H28N4O3. The molecule has 0 unspecified atom stereocenters. The van der Waals surface area contributed by atoms with Gasteiger partial charge in [-0.15, -0.1) is 0 Å². The Morgan fingerprint density at radius 2 is 1.80 bits per heavy atom. The van der Waals surface area contributed by atoms with Gasteiger partial charge in [0.05, 0.1) is 23.0 Å². The lowest BCUT2D eigenvalue weighted by Gasteiger charge is -2.29. The van der Waals surface area contributed by atoms with E-state index in [1.807, 2.05) is 45.9 Å². The van der Waals surface area contributed by atoms with E-state index in [0.717, 1.165) is 18.4 Å². The van der Waals surface area contributed by atoms with Crippen molar-refractivity contribution in [1.82, 2.24) is 14.5 Å². The number of carbonyl (C=O) groups excluding carboxylic acids is 2. The molecule has 1 aliphatic heterocycles. The number of methoxy groups -OCH3 is 1.